The van der Waals surface area contributed by atoms with Gasteiger partial charge >= 0.3 is 7.60 Å². The van der Waals surface area contributed by atoms with E-state index in [4.69, 9.17) is 9.05 Å². The van der Waals surface area contributed by atoms with Crippen LogP contribution >= 0.6 is 7.60 Å². The number of hydrogen-bond donors (Lipinski definition) is 0. The van der Waals surface area contributed by atoms with E-state index in [0.29, 0.717) is 17.8 Å². The Bertz CT molecular complexity index is 470. The van der Waals surface area contributed by atoms with Gasteiger partial charge in [0.25, 0.3) is 0 Å². The van der Waals surface area contributed by atoms with Crippen molar-refractivity contribution in [2.24, 2.45) is 5.92 Å². The summed E-state index contributed by atoms with van der Waals surface area (Å²) in [6.45, 7) is 7.10. The van der Waals surface area contributed by atoms with Gasteiger partial charge in [0.15, 0.2) is 5.78 Å². The summed E-state index contributed by atoms with van der Waals surface area (Å²) in [7, 11) is -3.33. The predicted octanol–water partition coefficient (Wildman–Crippen LogP) is 4.30. The molecular weight excluding hydrogens is 275 g/mol. The lowest BCUT2D eigenvalue weighted by atomic mass is 10.2. The van der Waals surface area contributed by atoms with Crippen LogP contribution in [-0.4, -0.2) is 18.0 Å². The van der Waals surface area contributed by atoms with Crippen LogP contribution in [0.15, 0.2) is 30.3 Å². The van der Waals surface area contributed by atoms with Crippen molar-refractivity contribution in [1.29, 1.82) is 0 Å². The Balaban J connectivity index is 2.83. The molecule has 0 aromatic heterocycles. The molecule has 1 aromatic rings. The first-order chi connectivity index (χ1) is 9.32. The number of carbonyl (C=O) groups is 1. The summed E-state index contributed by atoms with van der Waals surface area (Å²) < 4.78 is 23.8. The average Bonchev–Trinajstić information content (AvgIpc) is 2.37. The molecule has 0 aliphatic rings. The maximum atomic E-state index is 12.8. The van der Waals surface area contributed by atoms with Crippen molar-refractivity contribution in [2.45, 2.75) is 40.2 Å². The molecule has 2 atom stereocenters. The van der Waals surface area contributed by atoms with E-state index in [2.05, 4.69) is 0 Å². The summed E-state index contributed by atoms with van der Waals surface area (Å²) in [6.07, 6.45) is 0.294. The lowest BCUT2D eigenvalue weighted by Gasteiger charge is -2.22. The fourth-order valence-corrected chi connectivity index (χ4v) is 3.64. The number of rotatable bonds is 8. The molecule has 0 saturated carbocycles. The Morgan fingerprint density at radius 1 is 1.20 bits per heavy atom. The van der Waals surface area contributed by atoms with Gasteiger partial charge in [0, 0.05) is 0 Å². The van der Waals surface area contributed by atoms with E-state index in [1.54, 1.807) is 31.2 Å². The molecule has 1 aromatic carbocycles. The Hall–Kier alpha value is -1.12. The molecule has 0 aliphatic heterocycles. The Morgan fingerprint density at radius 2 is 1.80 bits per heavy atom. The number of benzene rings is 1. The minimum absolute atomic E-state index is 0.161. The van der Waals surface area contributed by atoms with Gasteiger partial charge in [-0.05, 0) is 38.3 Å². The van der Waals surface area contributed by atoms with E-state index in [-0.39, 0.29) is 5.78 Å². The number of hydrogen-bond acceptors (Lipinski definition) is 4. The van der Waals surface area contributed by atoms with E-state index in [1.807, 2.05) is 19.9 Å². The number of para-hydroxylation sites is 1. The van der Waals surface area contributed by atoms with Gasteiger partial charge < -0.3 is 4.52 Å². The molecule has 0 aliphatic carbocycles. The van der Waals surface area contributed by atoms with Crippen molar-refractivity contribution < 1.29 is 18.4 Å². The van der Waals surface area contributed by atoms with Crippen LogP contribution < -0.4 is 4.52 Å². The zero-order valence-corrected chi connectivity index (χ0v) is 13.4. The van der Waals surface area contributed by atoms with Crippen molar-refractivity contribution in [3.05, 3.63) is 30.3 Å². The van der Waals surface area contributed by atoms with E-state index < -0.39 is 13.7 Å². The number of ketones is 1. The molecule has 112 valence electrons. The molecular formula is C15H23O4P. The summed E-state index contributed by atoms with van der Waals surface area (Å²) in [4.78, 5) is 11.3. The molecule has 1 rings (SSSR count). The zero-order chi connectivity index (χ0) is 15.2. The first kappa shape index (κ1) is 16.9. The molecule has 2 unspecified atom stereocenters. The maximum absolute atomic E-state index is 12.8. The fourth-order valence-electron chi connectivity index (χ4n) is 1.49. The van der Waals surface area contributed by atoms with Gasteiger partial charge in [0.2, 0.25) is 0 Å². The van der Waals surface area contributed by atoms with Gasteiger partial charge in [-0.25, -0.2) is 4.57 Å². The Labute approximate surface area is 121 Å². The summed E-state index contributed by atoms with van der Waals surface area (Å²) in [5, 5.41) is 0. The van der Waals surface area contributed by atoms with Crippen LogP contribution in [0.3, 0.4) is 0 Å². The van der Waals surface area contributed by atoms with Crippen LogP contribution in [0, 0.1) is 5.92 Å². The summed E-state index contributed by atoms with van der Waals surface area (Å²) >= 11 is 0. The highest BCUT2D eigenvalue weighted by molar-refractivity contribution is 7.54. The molecule has 0 amide bonds. The van der Waals surface area contributed by atoms with Gasteiger partial charge in [0.1, 0.15) is 11.9 Å². The van der Waals surface area contributed by atoms with E-state index >= 15 is 0 Å². The van der Waals surface area contributed by atoms with Crippen molar-refractivity contribution >= 4 is 13.4 Å². The Kier molecular flexibility index (Phi) is 6.44. The van der Waals surface area contributed by atoms with Crippen LogP contribution in [0.5, 0.6) is 5.75 Å². The first-order valence-corrected chi connectivity index (χ1v) is 8.58. The molecule has 20 heavy (non-hydrogen) atoms. The highest BCUT2D eigenvalue weighted by atomic mass is 31.2. The minimum Gasteiger partial charge on any atom is -0.424 e. The largest absolute Gasteiger partial charge is 0.424 e. The summed E-state index contributed by atoms with van der Waals surface area (Å²) in [5.41, 5.74) is 0. The third-order valence-electron chi connectivity index (χ3n) is 2.86. The van der Waals surface area contributed by atoms with Gasteiger partial charge in [-0.3, -0.25) is 9.32 Å². The maximum Gasteiger partial charge on any atom is 0.379 e. The van der Waals surface area contributed by atoms with Gasteiger partial charge in [-0.2, -0.15) is 0 Å². The zero-order valence-electron chi connectivity index (χ0n) is 12.5. The monoisotopic (exact) mass is 298 g/mol. The average molecular weight is 298 g/mol. The third kappa shape index (κ3) is 5.89. The van der Waals surface area contributed by atoms with Crippen LogP contribution in [0.2, 0.25) is 0 Å². The lowest BCUT2D eigenvalue weighted by molar-refractivity contribution is -0.123. The fraction of sp³-hybridized carbons (Fsp3) is 0.533. The summed E-state index contributed by atoms with van der Waals surface area (Å²) in [6, 6.07) is 8.91. The second kappa shape index (κ2) is 7.61. The molecule has 0 saturated heterocycles. The predicted molar refractivity (Wildman–Crippen MR) is 80.2 cm³/mol. The number of carbonyl (C=O) groups excluding carboxylic acids is 1. The Morgan fingerprint density at radius 3 is 2.30 bits per heavy atom. The molecule has 0 heterocycles. The first-order valence-electron chi connectivity index (χ1n) is 6.85. The third-order valence-corrected chi connectivity index (χ3v) is 4.79. The SMILES string of the molecule is CC(=O)C(C)OP(=O)(CCC(C)C)Oc1ccccc1. The van der Waals surface area contributed by atoms with Gasteiger partial charge in [-0.1, -0.05) is 32.0 Å². The van der Waals surface area contributed by atoms with Crippen molar-refractivity contribution in [1.82, 2.24) is 0 Å². The van der Waals surface area contributed by atoms with E-state index in [0.717, 1.165) is 6.42 Å². The van der Waals surface area contributed by atoms with Crippen molar-refractivity contribution in [3.63, 3.8) is 0 Å². The number of Topliss-reactive ketones (excluding diaryl/α,β-unsaturated/α-hetero) is 1. The topological polar surface area (TPSA) is 52.6 Å². The molecule has 5 heteroatoms. The molecule has 0 N–H and O–H groups in total. The molecule has 4 nitrogen and oxygen atoms in total. The molecule has 0 fully saturated rings. The van der Waals surface area contributed by atoms with Crippen LogP contribution in [0.1, 0.15) is 34.1 Å². The highest BCUT2D eigenvalue weighted by Crippen LogP contribution is 2.50. The lowest BCUT2D eigenvalue weighted by Crippen LogP contribution is -2.19. The van der Waals surface area contributed by atoms with Crippen molar-refractivity contribution in [3.8, 4) is 5.75 Å². The van der Waals surface area contributed by atoms with E-state index in [1.165, 1.54) is 6.92 Å². The van der Waals surface area contributed by atoms with Crippen LogP contribution in [0.4, 0.5) is 0 Å². The second-order valence-corrected chi connectivity index (χ2v) is 7.34. The second-order valence-electron chi connectivity index (χ2n) is 5.28. The molecule has 0 bridgehead atoms. The molecule has 0 radical (unpaired) electrons. The van der Waals surface area contributed by atoms with E-state index in [9.17, 15) is 9.36 Å². The summed E-state index contributed by atoms with van der Waals surface area (Å²) in [5.74, 6) is 0.723. The van der Waals surface area contributed by atoms with Gasteiger partial charge in [0.05, 0.1) is 6.16 Å². The molecule has 0 spiro atoms. The van der Waals surface area contributed by atoms with Crippen LogP contribution in [-0.2, 0) is 13.9 Å². The minimum atomic E-state index is -3.33. The quantitative estimate of drug-likeness (QED) is 0.671. The van der Waals surface area contributed by atoms with Crippen molar-refractivity contribution in [2.75, 3.05) is 6.16 Å². The van der Waals surface area contributed by atoms with Crippen LogP contribution in [0.25, 0.3) is 0 Å². The highest BCUT2D eigenvalue weighted by Gasteiger charge is 2.30. The smallest absolute Gasteiger partial charge is 0.379 e. The van der Waals surface area contributed by atoms with Gasteiger partial charge in [-0.15, -0.1) is 0 Å². The standard InChI is InChI=1S/C15H23O4P/c1-12(2)10-11-20(17,18-14(4)13(3)16)19-15-8-6-5-7-9-15/h5-9,12,14H,10-11H2,1-4H3. The normalized spacial score (nSPS) is 15.7.